The maximum atomic E-state index is 12.1. The summed E-state index contributed by atoms with van der Waals surface area (Å²) < 4.78 is 0. The lowest BCUT2D eigenvalue weighted by molar-refractivity contribution is 0.234. The highest BCUT2D eigenvalue weighted by atomic mass is 16.2. The van der Waals surface area contributed by atoms with Gasteiger partial charge in [0.2, 0.25) is 0 Å². The molecule has 0 radical (unpaired) electrons. The van der Waals surface area contributed by atoms with E-state index in [9.17, 15) is 14.4 Å². The number of rotatable bonds is 20. The van der Waals surface area contributed by atoms with Gasteiger partial charge in [-0.05, 0) is 38.5 Å². The average molecular weight is 545 g/mol. The molecule has 3 unspecified atom stereocenters. The second-order valence-electron chi connectivity index (χ2n) is 8.77. The number of unbranched alkanes of at least 4 members (excludes halogenated alkanes) is 1. The summed E-state index contributed by atoms with van der Waals surface area (Å²) in [6.07, 6.45) is 4.66. The minimum Gasteiger partial charge on any atom is -0.370 e. The summed E-state index contributed by atoms with van der Waals surface area (Å²) >= 11 is 0. The van der Waals surface area contributed by atoms with Gasteiger partial charge in [0.1, 0.15) is 0 Å². The predicted octanol–water partition coefficient (Wildman–Crippen LogP) is -3.45. The number of urea groups is 3. The fourth-order valence-corrected chi connectivity index (χ4v) is 3.34. The molecule has 17 nitrogen and oxygen atoms in total. The molecule has 0 aromatic rings. The van der Waals surface area contributed by atoms with E-state index in [-0.39, 0.29) is 49.2 Å². The van der Waals surface area contributed by atoms with Crippen molar-refractivity contribution in [2.24, 2.45) is 50.1 Å². The van der Waals surface area contributed by atoms with Gasteiger partial charge in [-0.25, -0.2) is 19.4 Å². The van der Waals surface area contributed by atoms with E-state index in [0.717, 1.165) is 19.3 Å². The first kappa shape index (κ1) is 34.3. The van der Waals surface area contributed by atoms with Crippen LogP contribution < -0.4 is 66.7 Å². The third-order valence-corrected chi connectivity index (χ3v) is 5.28. The lowest BCUT2D eigenvalue weighted by Crippen LogP contribution is -2.48. The summed E-state index contributed by atoms with van der Waals surface area (Å²) in [5.41, 5.74) is 38.0. The van der Waals surface area contributed by atoms with E-state index in [1.807, 2.05) is 0 Å². The molecule has 220 valence electrons. The zero-order valence-corrected chi connectivity index (χ0v) is 22.1. The minimum atomic E-state index is -0.695. The van der Waals surface area contributed by atoms with E-state index in [4.69, 9.17) is 40.1 Å². The van der Waals surface area contributed by atoms with Crippen molar-refractivity contribution in [3.63, 3.8) is 0 Å². The van der Waals surface area contributed by atoms with Crippen LogP contribution in [0.2, 0.25) is 0 Å². The van der Waals surface area contributed by atoms with E-state index in [2.05, 4.69) is 36.6 Å². The van der Waals surface area contributed by atoms with Crippen molar-refractivity contribution in [3.05, 3.63) is 0 Å². The molecule has 0 aromatic heterocycles. The second-order valence-corrected chi connectivity index (χ2v) is 8.77. The summed E-state index contributed by atoms with van der Waals surface area (Å²) in [5, 5.41) is 13.5. The van der Waals surface area contributed by atoms with Crippen molar-refractivity contribution in [2.45, 2.75) is 63.1 Å². The van der Waals surface area contributed by atoms with Crippen LogP contribution in [-0.2, 0) is 0 Å². The highest BCUT2D eigenvalue weighted by molar-refractivity contribution is 5.76. The maximum Gasteiger partial charge on any atom is 0.314 e. The molecular weight excluding hydrogens is 496 g/mol. The highest BCUT2D eigenvalue weighted by Crippen LogP contribution is 2.01. The Hall–Kier alpha value is -3.73. The van der Waals surface area contributed by atoms with Crippen LogP contribution in [0.15, 0.2) is 9.98 Å². The van der Waals surface area contributed by atoms with Gasteiger partial charge in [-0.1, -0.05) is 6.42 Å². The molecule has 0 aliphatic rings. The molecule has 0 saturated carbocycles. The summed E-state index contributed by atoms with van der Waals surface area (Å²) in [4.78, 5) is 43.4. The Balaban J connectivity index is 4.28. The fourth-order valence-electron chi connectivity index (χ4n) is 3.34. The van der Waals surface area contributed by atoms with Gasteiger partial charge >= 0.3 is 18.1 Å². The predicted molar refractivity (Wildman–Crippen MR) is 149 cm³/mol. The quantitative estimate of drug-likeness (QED) is 0.0411. The smallest absolute Gasteiger partial charge is 0.314 e. The van der Waals surface area contributed by atoms with E-state index in [1.54, 1.807) is 0 Å². The Bertz CT molecular complexity index is 741. The van der Waals surface area contributed by atoms with Crippen LogP contribution in [0.4, 0.5) is 14.4 Å². The van der Waals surface area contributed by atoms with Crippen LogP contribution in [0.3, 0.4) is 0 Å². The molecule has 0 bridgehead atoms. The first-order valence-electron chi connectivity index (χ1n) is 12.7. The largest absolute Gasteiger partial charge is 0.370 e. The molecular formula is C21H48N14O3. The van der Waals surface area contributed by atoms with Crippen LogP contribution in [0.1, 0.15) is 44.9 Å². The number of hydrogen-bond donors (Lipinski definition) is 12. The number of guanidine groups is 2. The normalized spacial score (nSPS) is 12.8. The number of hydrogen-bond acceptors (Lipinski definition) is 7. The number of aliphatic imine (C=N–C) groups is 2. The molecule has 0 fully saturated rings. The Morgan fingerprint density at radius 2 is 1.34 bits per heavy atom. The molecule has 0 aliphatic heterocycles. The molecule has 0 rings (SSSR count). The number of nitrogens with two attached hydrogens (primary N) is 7. The summed E-state index contributed by atoms with van der Waals surface area (Å²) in [6.45, 7) is 2.10. The van der Waals surface area contributed by atoms with Crippen LogP contribution in [0.5, 0.6) is 0 Å². The van der Waals surface area contributed by atoms with Gasteiger partial charge in [0, 0.05) is 51.4 Å². The molecule has 17 heteroatoms. The van der Waals surface area contributed by atoms with Crippen molar-refractivity contribution in [2.75, 3.05) is 39.3 Å². The maximum absolute atomic E-state index is 12.1. The highest BCUT2D eigenvalue weighted by Gasteiger charge is 2.13. The Morgan fingerprint density at radius 1 is 0.711 bits per heavy atom. The standard InChI is InChI=1S/C21H48N14O3/c22-11-14(23)5-1-2-8-30-20(37)32-12-15(34-18(26)27)6-4-10-31-21(38)33-13-16(35-19(28)36)7-3-9-29-17(24)25/h14-16H,1-13,22-23H2,(H4,24,25,29)(H4,26,27,34)(H3,28,35,36)(H2,30,32,37)(H2,31,33,38). The molecule has 38 heavy (non-hydrogen) atoms. The molecule has 0 heterocycles. The van der Waals surface area contributed by atoms with Gasteiger partial charge in [0.05, 0.1) is 6.04 Å². The zero-order valence-electron chi connectivity index (χ0n) is 22.1. The van der Waals surface area contributed by atoms with Crippen LogP contribution in [0.25, 0.3) is 0 Å². The third kappa shape index (κ3) is 21.5. The van der Waals surface area contributed by atoms with Gasteiger partial charge in [-0.3, -0.25) is 4.99 Å². The SMILES string of the molecule is NCC(N)CCCCNC(=O)NCC(CCCNC(=O)NCC(CCCN=C(N)N)NC(N)=O)N=C(N)N. The Kier molecular flexibility index (Phi) is 19.3. The van der Waals surface area contributed by atoms with Crippen LogP contribution in [-0.4, -0.2) is 87.4 Å². The second kappa shape index (κ2) is 21.4. The first-order valence-corrected chi connectivity index (χ1v) is 12.7. The summed E-state index contributed by atoms with van der Waals surface area (Å²) in [6, 6.07) is -2.17. The van der Waals surface area contributed by atoms with E-state index < -0.39 is 12.1 Å². The monoisotopic (exact) mass is 544 g/mol. The van der Waals surface area contributed by atoms with Crippen molar-refractivity contribution in [1.82, 2.24) is 26.6 Å². The van der Waals surface area contributed by atoms with Crippen molar-refractivity contribution in [3.8, 4) is 0 Å². The van der Waals surface area contributed by atoms with Gasteiger partial charge in [-0.2, -0.15) is 0 Å². The lowest BCUT2D eigenvalue weighted by atomic mass is 10.1. The molecule has 0 aromatic carbocycles. The van der Waals surface area contributed by atoms with Crippen LogP contribution >= 0.6 is 0 Å². The number of carbonyl (C=O) groups is 3. The van der Waals surface area contributed by atoms with E-state index in [1.165, 1.54) is 0 Å². The van der Waals surface area contributed by atoms with Gasteiger partial charge in [0.25, 0.3) is 0 Å². The average Bonchev–Trinajstić information content (AvgIpc) is 2.84. The zero-order chi connectivity index (χ0) is 28.8. The van der Waals surface area contributed by atoms with E-state index in [0.29, 0.717) is 51.9 Å². The summed E-state index contributed by atoms with van der Waals surface area (Å²) in [5.74, 6) is -0.106. The fraction of sp³-hybridized carbons (Fsp3) is 0.762. The summed E-state index contributed by atoms with van der Waals surface area (Å²) in [7, 11) is 0. The first-order chi connectivity index (χ1) is 18.0. The number of nitrogens with zero attached hydrogens (tertiary/aromatic N) is 2. The molecule has 0 spiro atoms. The lowest BCUT2D eigenvalue weighted by Gasteiger charge is -2.18. The third-order valence-electron chi connectivity index (χ3n) is 5.28. The van der Waals surface area contributed by atoms with Crippen molar-refractivity contribution >= 4 is 30.0 Å². The van der Waals surface area contributed by atoms with Gasteiger partial charge in [-0.15, -0.1) is 0 Å². The number of carbonyl (C=O) groups excluding carboxylic acids is 3. The molecule has 0 aliphatic carbocycles. The van der Waals surface area contributed by atoms with Gasteiger partial charge in [0.15, 0.2) is 11.9 Å². The van der Waals surface area contributed by atoms with E-state index >= 15 is 0 Å². The Morgan fingerprint density at radius 3 is 1.92 bits per heavy atom. The number of amides is 6. The minimum absolute atomic E-state index is 0.0151. The topological polar surface area (TPSA) is 318 Å². The van der Waals surface area contributed by atoms with Gasteiger partial charge < -0.3 is 66.7 Å². The number of primary amides is 1. The Labute approximate surface area is 223 Å². The molecule has 6 amide bonds. The van der Waals surface area contributed by atoms with Crippen molar-refractivity contribution in [1.29, 1.82) is 0 Å². The molecule has 0 saturated heterocycles. The molecule has 19 N–H and O–H groups in total. The number of nitrogens with one attached hydrogen (secondary N) is 5. The van der Waals surface area contributed by atoms with Crippen molar-refractivity contribution < 1.29 is 14.4 Å². The molecule has 3 atom stereocenters. The van der Waals surface area contributed by atoms with Crippen LogP contribution in [0, 0.1) is 0 Å².